The summed E-state index contributed by atoms with van der Waals surface area (Å²) in [6, 6.07) is 5.76. The molecule has 0 saturated heterocycles. The van der Waals surface area contributed by atoms with Crippen LogP contribution in [0.25, 0.3) is 0 Å². The molecule has 0 aliphatic rings. The third-order valence-corrected chi connectivity index (χ3v) is 1.90. The fraction of sp³-hybridized carbons (Fsp3) is 0.333. The molecule has 1 aromatic rings. The van der Waals surface area contributed by atoms with Crippen LogP contribution in [0.4, 0.5) is 5.69 Å². The van der Waals surface area contributed by atoms with Crippen molar-refractivity contribution in [3.05, 3.63) is 29.3 Å². The number of amides is 1. The highest BCUT2D eigenvalue weighted by atomic mass is 16.5. The van der Waals surface area contributed by atoms with Gasteiger partial charge in [-0.1, -0.05) is 6.07 Å². The summed E-state index contributed by atoms with van der Waals surface area (Å²) < 4.78 is 4.74. The third kappa shape index (κ3) is 4.23. The van der Waals surface area contributed by atoms with Gasteiger partial charge >= 0.3 is 0 Å². The van der Waals surface area contributed by atoms with Crippen LogP contribution >= 0.6 is 0 Å². The highest BCUT2D eigenvalue weighted by Gasteiger charge is 2.02. The van der Waals surface area contributed by atoms with Gasteiger partial charge in [0, 0.05) is 5.69 Å². The van der Waals surface area contributed by atoms with Gasteiger partial charge in [-0.15, -0.1) is 0 Å². The monoisotopic (exact) mass is 220 g/mol. The van der Waals surface area contributed by atoms with Crippen molar-refractivity contribution in [2.75, 3.05) is 18.5 Å². The molecule has 1 rings (SSSR count). The SMILES string of the molecule is Cc1cc(C)cc(NC(=O)COC[C-]=O)c1. The van der Waals surface area contributed by atoms with Crippen LogP contribution in [0.2, 0.25) is 0 Å². The van der Waals surface area contributed by atoms with E-state index in [4.69, 9.17) is 4.74 Å². The molecule has 0 unspecified atom stereocenters. The normalized spacial score (nSPS) is 9.88. The molecule has 0 aliphatic carbocycles. The Morgan fingerprint density at radius 3 is 2.50 bits per heavy atom. The standard InChI is InChI=1S/C12H14NO3/c1-9-5-10(2)7-11(6-9)13-12(15)8-16-4-3-14/h5-7H,4,8H2,1-2H3,(H,13,15)/q-1. The third-order valence-electron chi connectivity index (χ3n) is 1.90. The van der Waals surface area contributed by atoms with Crippen molar-refractivity contribution in [1.29, 1.82) is 0 Å². The Balaban J connectivity index is 2.52. The van der Waals surface area contributed by atoms with Gasteiger partial charge in [-0.3, -0.25) is 4.79 Å². The Morgan fingerprint density at radius 2 is 1.94 bits per heavy atom. The molecule has 1 aromatic carbocycles. The summed E-state index contributed by atoms with van der Waals surface area (Å²) in [6.45, 7) is 3.60. The van der Waals surface area contributed by atoms with Crippen LogP contribution in [0.3, 0.4) is 0 Å². The maximum Gasteiger partial charge on any atom is 0.250 e. The van der Waals surface area contributed by atoms with E-state index in [1.54, 1.807) is 6.29 Å². The second kappa shape index (κ2) is 6.02. The second-order valence-electron chi connectivity index (χ2n) is 3.56. The summed E-state index contributed by atoms with van der Waals surface area (Å²) >= 11 is 0. The van der Waals surface area contributed by atoms with Gasteiger partial charge in [-0.25, -0.2) is 6.29 Å². The first-order valence-electron chi connectivity index (χ1n) is 4.92. The van der Waals surface area contributed by atoms with Crippen LogP contribution in [-0.4, -0.2) is 25.4 Å². The molecule has 0 heterocycles. The molecule has 0 spiro atoms. The van der Waals surface area contributed by atoms with Gasteiger partial charge < -0.3 is 14.8 Å². The van der Waals surface area contributed by atoms with Crippen LogP contribution in [0, 0.1) is 13.8 Å². The number of nitrogens with one attached hydrogen (secondary N) is 1. The van der Waals surface area contributed by atoms with Gasteiger partial charge in [-0.05, 0) is 43.7 Å². The Morgan fingerprint density at radius 1 is 1.31 bits per heavy atom. The number of carbonyl (C=O) groups is 1. The average molecular weight is 220 g/mol. The van der Waals surface area contributed by atoms with Crippen LogP contribution in [0.1, 0.15) is 11.1 Å². The van der Waals surface area contributed by atoms with E-state index in [1.165, 1.54) is 0 Å². The fourth-order valence-electron chi connectivity index (χ4n) is 1.43. The molecule has 1 N–H and O–H groups in total. The molecule has 4 nitrogen and oxygen atoms in total. The lowest BCUT2D eigenvalue weighted by Gasteiger charge is -2.08. The molecule has 0 saturated carbocycles. The van der Waals surface area contributed by atoms with Crippen molar-refractivity contribution in [3.8, 4) is 0 Å². The number of carbonyl (C=O) groups excluding carboxylic acids is 2. The largest absolute Gasteiger partial charge is 0.540 e. The van der Waals surface area contributed by atoms with Crippen molar-refractivity contribution in [2.45, 2.75) is 13.8 Å². The van der Waals surface area contributed by atoms with Crippen molar-refractivity contribution >= 4 is 17.9 Å². The topological polar surface area (TPSA) is 55.4 Å². The zero-order valence-corrected chi connectivity index (χ0v) is 9.37. The molecule has 0 fully saturated rings. The van der Waals surface area contributed by atoms with E-state index in [-0.39, 0.29) is 19.1 Å². The number of anilines is 1. The van der Waals surface area contributed by atoms with E-state index in [1.807, 2.05) is 32.0 Å². The van der Waals surface area contributed by atoms with Gasteiger partial charge in [-0.2, -0.15) is 0 Å². The molecule has 0 bridgehead atoms. The second-order valence-corrected chi connectivity index (χ2v) is 3.56. The lowest BCUT2D eigenvalue weighted by molar-refractivity contribution is -0.120. The minimum absolute atomic E-state index is 0.137. The lowest BCUT2D eigenvalue weighted by atomic mass is 10.1. The number of rotatable bonds is 5. The van der Waals surface area contributed by atoms with E-state index in [2.05, 4.69) is 5.32 Å². The van der Waals surface area contributed by atoms with E-state index in [0.717, 1.165) is 16.8 Å². The van der Waals surface area contributed by atoms with Gasteiger partial charge in [0.25, 0.3) is 0 Å². The average Bonchev–Trinajstić information content (AvgIpc) is 2.16. The molecule has 0 aliphatic heterocycles. The van der Waals surface area contributed by atoms with E-state index in [9.17, 15) is 9.59 Å². The van der Waals surface area contributed by atoms with Crippen molar-refractivity contribution < 1.29 is 14.3 Å². The molecular formula is C12H14NO3-. The first-order valence-corrected chi connectivity index (χ1v) is 4.92. The Hall–Kier alpha value is -1.68. The predicted octanol–water partition coefficient (Wildman–Crippen LogP) is 1.37. The summed E-state index contributed by atoms with van der Waals surface area (Å²) in [6.07, 6.45) is 1.55. The smallest absolute Gasteiger partial charge is 0.250 e. The van der Waals surface area contributed by atoms with E-state index >= 15 is 0 Å². The predicted molar refractivity (Wildman–Crippen MR) is 61.1 cm³/mol. The van der Waals surface area contributed by atoms with Gasteiger partial charge in [0.2, 0.25) is 5.91 Å². The van der Waals surface area contributed by atoms with Crippen molar-refractivity contribution in [3.63, 3.8) is 0 Å². The van der Waals surface area contributed by atoms with Crippen LogP contribution in [0.15, 0.2) is 18.2 Å². The zero-order chi connectivity index (χ0) is 12.0. The molecule has 4 heteroatoms. The summed E-state index contributed by atoms with van der Waals surface area (Å²) in [5.41, 5.74) is 2.90. The highest BCUT2D eigenvalue weighted by molar-refractivity contribution is 5.91. The minimum Gasteiger partial charge on any atom is -0.540 e. The Labute approximate surface area is 94.6 Å². The molecule has 0 atom stereocenters. The van der Waals surface area contributed by atoms with E-state index in [0.29, 0.717) is 0 Å². The number of hydrogen-bond donors (Lipinski definition) is 1. The number of aryl methyl sites for hydroxylation is 2. The first kappa shape index (κ1) is 12.4. The fourth-order valence-corrected chi connectivity index (χ4v) is 1.43. The Kier molecular flexibility index (Phi) is 4.66. The summed E-state index contributed by atoms with van der Waals surface area (Å²) in [7, 11) is 0. The van der Waals surface area contributed by atoms with Crippen LogP contribution in [0.5, 0.6) is 0 Å². The van der Waals surface area contributed by atoms with E-state index < -0.39 is 0 Å². The Bertz CT molecular complexity index is 368. The molecule has 0 radical (unpaired) electrons. The number of ether oxygens (including phenoxy) is 1. The van der Waals surface area contributed by atoms with Crippen LogP contribution in [-0.2, 0) is 14.3 Å². The van der Waals surface area contributed by atoms with Gasteiger partial charge in [0.1, 0.15) is 6.61 Å². The van der Waals surface area contributed by atoms with Crippen LogP contribution < -0.4 is 5.32 Å². The first-order chi connectivity index (χ1) is 7.61. The summed E-state index contributed by atoms with van der Waals surface area (Å²) in [5, 5.41) is 2.69. The molecule has 86 valence electrons. The maximum atomic E-state index is 11.3. The lowest BCUT2D eigenvalue weighted by Crippen LogP contribution is -2.19. The van der Waals surface area contributed by atoms with Gasteiger partial charge in [0.15, 0.2) is 0 Å². The molecular weight excluding hydrogens is 206 g/mol. The van der Waals surface area contributed by atoms with Gasteiger partial charge in [0.05, 0.1) is 0 Å². The van der Waals surface area contributed by atoms with Crippen molar-refractivity contribution in [2.24, 2.45) is 0 Å². The summed E-state index contributed by atoms with van der Waals surface area (Å²) in [5.74, 6) is -0.278. The molecule has 16 heavy (non-hydrogen) atoms. The minimum atomic E-state index is -0.278. The maximum absolute atomic E-state index is 11.3. The number of hydrogen-bond acceptors (Lipinski definition) is 3. The molecule has 0 aromatic heterocycles. The summed E-state index contributed by atoms with van der Waals surface area (Å²) in [4.78, 5) is 21.2. The van der Waals surface area contributed by atoms with Crippen molar-refractivity contribution in [1.82, 2.24) is 0 Å². The zero-order valence-electron chi connectivity index (χ0n) is 9.37. The molecule has 1 amide bonds. The highest BCUT2D eigenvalue weighted by Crippen LogP contribution is 2.13. The quantitative estimate of drug-likeness (QED) is 0.602. The number of benzene rings is 1.